The third-order valence-electron chi connectivity index (χ3n) is 5.26. The van der Waals surface area contributed by atoms with Gasteiger partial charge in [-0.2, -0.15) is 0 Å². The summed E-state index contributed by atoms with van der Waals surface area (Å²) >= 11 is 0. The van der Waals surface area contributed by atoms with Crippen LogP contribution in [0.15, 0.2) is 6.33 Å². The van der Waals surface area contributed by atoms with E-state index in [4.69, 9.17) is 4.74 Å². The van der Waals surface area contributed by atoms with E-state index < -0.39 is 4.92 Å². The van der Waals surface area contributed by atoms with Crippen LogP contribution in [0.4, 0.5) is 22.1 Å². The predicted molar refractivity (Wildman–Crippen MR) is 108 cm³/mol. The number of anilines is 2. The molecule has 2 aliphatic heterocycles. The number of rotatable bonds is 7. The number of aromatic nitrogens is 2. The molecule has 0 aromatic carbocycles. The molecule has 1 N–H and O–H groups in total. The monoisotopic (exact) mass is 407 g/mol. The van der Waals surface area contributed by atoms with E-state index in [0.29, 0.717) is 39.3 Å². The molecule has 1 aromatic heterocycles. The van der Waals surface area contributed by atoms with Crippen molar-refractivity contribution in [3.8, 4) is 0 Å². The van der Waals surface area contributed by atoms with Crippen molar-refractivity contribution in [2.45, 2.75) is 26.2 Å². The van der Waals surface area contributed by atoms with Gasteiger partial charge in [-0.1, -0.05) is 6.42 Å². The third-order valence-corrected chi connectivity index (χ3v) is 5.26. The minimum atomic E-state index is -0.434. The molecule has 2 fully saturated rings. The minimum Gasteiger partial charge on any atom is -0.450 e. The molecule has 160 valence electrons. The zero-order valence-corrected chi connectivity index (χ0v) is 16.9. The van der Waals surface area contributed by atoms with E-state index in [1.54, 1.807) is 11.8 Å². The molecule has 3 heterocycles. The Hall–Kier alpha value is -2.69. The molecule has 3 rings (SSSR count). The molecule has 0 spiro atoms. The Labute approximate surface area is 170 Å². The number of hydrogen-bond donors (Lipinski definition) is 1. The van der Waals surface area contributed by atoms with E-state index in [9.17, 15) is 14.9 Å². The SMILES string of the molecule is CCOC(=O)N1CCN(c2ncnc(NCCN3CCCCC3)c2[N+](=O)[O-])CC1. The molecule has 11 nitrogen and oxygen atoms in total. The van der Waals surface area contributed by atoms with E-state index in [1.165, 1.54) is 25.6 Å². The highest BCUT2D eigenvalue weighted by molar-refractivity contribution is 5.71. The van der Waals surface area contributed by atoms with Crippen LogP contribution >= 0.6 is 0 Å². The Balaban J connectivity index is 1.64. The first-order chi connectivity index (χ1) is 14.1. The quantitative estimate of drug-likeness (QED) is 0.531. The maximum atomic E-state index is 11.9. The summed E-state index contributed by atoms with van der Waals surface area (Å²) in [5, 5.41) is 14.9. The van der Waals surface area contributed by atoms with E-state index in [-0.39, 0.29) is 23.4 Å². The number of piperidine rings is 1. The molecular weight excluding hydrogens is 378 g/mol. The third kappa shape index (κ3) is 5.43. The van der Waals surface area contributed by atoms with Crippen molar-refractivity contribution in [3.05, 3.63) is 16.4 Å². The molecule has 29 heavy (non-hydrogen) atoms. The summed E-state index contributed by atoms with van der Waals surface area (Å²) in [5.41, 5.74) is -0.115. The minimum absolute atomic E-state index is 0.115. The highest BCUT2D eigenvalue weighted by atomic mass is 16.6. The lowest BCUT2D eigenvalue weighted by atomic mass is 10.1. The van der Waals surface area contributed by atoms with Crippen molar-refractivity contribution in [2.24, 2.45) is 0 Å². The van der Waals surface area contributed by atoms with E-state index >= 15 is 0 Å². The first kappa shape index (κ1) is 21.0. The molecule has 2 aliphatic rings. The second-order valence-corrected chi connectivity index (χ2v) is 7.15. The number of ether oxygens (including phenoxy) is 1. The number of nitrogens with zero attached hydrogens (tertiary/aromatic N) is 6. The Morgan fingerprint density at radius 2 is 1.90 bits per heavy atom. The van der Waals surface area contributed by atoms with Gasteiger partial charge >= 0.3 is 11.8 Å². The topological polar surface area (TPSA) is 117 Å². The van der Waals surface area contributed by atoms with E-state index in [1.807, 2.05) is 4.90 Å². The summed E-state index contributed by atoms with van der Waals surface area (Å²) in [6.07, 6.45) is 4.67. The molecule has 0 unspecified atom stereocenters. The van der Waals surface area contributed by atoms with Crippen LogP contribution < -0.4 is 10.2 Å². The van der Waals surface area contributed by atoms with Gasteiger partial charge in [0, 0.05) is 39.3 Å². The lowest BCUT2D eigenvalue weighted by Crippen LogP contribution is -2.49. The van der Waals surface area contributed by atoms with Gasteiger partial charge in [0.25, 0.3) is 0 Å². The zero-order valence-electron chi connectivity index (χ0n) is 16.9. The number of piperazine rings is 1. The molecule has 0 saturated carbocycles. The standard InChI is InChI=1S/C18H29N7O4/c1-2-29-18(26)24-12-10-23(11-13-24)17-15(25(27)28)16(20-14-21-17)19-6-9-22-7-4-3-5-8-22/h14H,2-13H2,1H3,(H,19,20,21). The van der Waals surface area contributed by atoms with Crippen LogP contribution in [-0.2, 0) is 4.74 Å². The van der Waals surface area contributed by atoms with Crippen LogP contribution in [-0.4, -0.2) is 89.7 Å². The van der Waals surface area contributed by atoms with Gasteiger partial charge in [0.1, 0.15) is 6.33 Å². The predicted octanol–water partition coefficient (Wildman–Crippen LogP) is 1.56. The highest BCUT2D eigenvalue weighted by Crippen LogP contribution is 2.32. The first-order valence-corrected chi connectivity index (χ1v) is 10.2. The number of hydrogen-bond acceptors (Lipinski definition) is 9. The smallest absolute Gasteiger partial charge is 0.409 e. The fraction of sp³-hybridized carbons (Fsp3) is 0.722. The summed E-state index contributed by atoms with van der Waals surface area (Å²) in [7, 11) is 0. The van der Waals surface area contributed by atoms with Gasteiger partial charge < -0.3 is 24.8 Å². The largest absolute Gasteiger partial charge is 0.450 e. The number of nitrogens with one attached hydrogen (secondary N) is 1. The molecule has 0 radical (unpaired) electrons. The summed E-state index contributed by atoms with van der Waals surface area (Å²) in [6.45, 7) is 7.40. The van der Waals surface area contributed by atoms with E-state index in [0.717, 1.165) is 19.6 Å². The second-order valence-electron chi connectivity index (χ2n) is 7.15. The molecule has 1 aromatic rings. The van der Waals surface area contributed by atoms with Crippen LogP contribution in [0.1, 0.15) is 26.2 Å². The molecule has 0 atom stereocenters. The van der Waals surface area contributed by atoms with Gasteiger partial charge in [0.05, 0.1) is 11.5 Å². The molecular formula is C18H29N7O4. The van der Waals surface area contributed by atoms with Gasteiger partial charge in [0.15, 0.2) is 0 Å². The van der Waals surface area contributed by atoms with Crippen molar-refractivity contribution in [1.82, 2.24) is 19.8 Å². The average Bonchev–Trinajstić information content (AvgIpc) is 2.74. The Morgan fingerprint density at radius 3 is 2.55 bits per heavy atom. The normalized spacial score (nSPS) is 17.8. The van der Waals surface area contributed by atoms with Crippen molar-refractivity contribution < 1.29 is 14.5 Å². The number of carbonyl (C=O) groups is 1. The second kappa shape index (κ2) is 10.2. The maximum Gasteiger partial charge on any atom is 0.409 e. The summed E-state index contributed by atoms with van der Waals surface area (Å²) in [5.74, 6) is 0.527. The number of amides is 1. The zero-order chi connectivity index (χ0) is 20.6. The van der Waals surface area contributed by atoms with E-state index in [2.05, 4.69) is 20.2 Å². The lowest BCUT2D eigenvalue weighted by molar-refractivity contribution is -0.383. The number of carbonyl (C=O) groups excluding carboxylic acids is 1. The Morgan fingerprint density at radius 1 is 1.17 bits per heavy atom. The van der Waals surface area contributed by atoms with Crippen LogP contribution in [0, 0.1) is 10.1 Å². The molecule has 11 heteroatoms. The Kier molecular flexibility index (Phi) is 7.39. The molecule has 2 saturated heterocycles. The van der Waals surface area contributed by atoms with Crippen LogP contribution in [0.3, 0.4) is 0 Å². The van der Waals surface area contributed by atoms with Crippen LogP contribution in [0.25, 0.3) is 0 Å². The molecule has 0 aliphatic carbocycles. The maximum absolute atomic E-state index is 11.9. The van der Waals surface area contributed by atoms with Gasteiger partial charge in [-0.05, 0) is 32.9 Å². The van der Waals surface area contributed by atoms with Crippen LogP contribution in [0.5, 0.6) is 0 Å². The van der Waals surface area contributed by atoms with Crippen molar-refractivity contribution >= 4 is 23.4 Å². The van der Waals surface area contributed by atoms with Crippen molar-refractivity contribution in [1.29, 1.82) is 0 Å². The highest BCUT2D eigenvalue weighted by Gasteiger charge is 2.30. The average molecular weight is 407 g/mol. The van der Waals surface area contributed by atoms with Crippen LogP contribution in [0.2, 0.25) is 0 Å². The fourth-order valence-electron chi connectivity index (χ4n) is 3.73. The molecule has 1 amide bonds. The summed E-state index contributed by atoms with van der Waals surface area (Å²) in [6, 6.07) is 0. The van der Waals surface area contributed by atoms with Crippen molar-refractivity contribution in [2.75, 3.05) is 69.2 Å². The van der Waals surface area contributed by atoms with Crippen molar-refractivity contribution in [3.63, 3.8) is 0 Å². The number of likely N-dealkylation sites (tertiary alicyclic amines) is 1. The summed E-state index contributed by atoms with van der Waals surface area (Å²) in [4.78, 5) is 37.3. The Bertz CT molecular complexity index is 703. The lowest BCUT2D eigenvalue weighted by Gasteiger charge is -2.34. The number of nitro groups is 1. The molecule has 0 bridgehead atoms. The van der Waals surface area contributed by atoms with Gasteiger partial charge in [-0.15, -0.1) is 0 Å². The van der Waals surface area contributed by atoms with Gasteiger partial charge in [0.2, 0.25) is 11.6 Å². The fourth-order valence-corrected chi connectivity index (χ4v) is 3.73. The summed E-state index contributed by atoms with van der Waals surface area (Å²) < 4.78 is 5.02. The van der Waals surface area contributed by atoms with Gasteiger partial charge in [-0.3, -0.25) is 10.1 Å². The first-order valence-electron chi connectivity index (χ1n) is 10.2. The van der Waals surface area contributed by atoms with Gasteiger partial charge in [-0.25, -0.2) is 14.8 Å².